The molecule has 0 radical (unpaired) electrons. The molecule has 1 saturated carbocycles. The second-order valence-electron chi connectivity index (χ2n) is 9.22. The van der Waals surface area contributed by atoms with Crippen LogP contribution in [-0.2, 0) is 23.7 Å². The molecule has 0 unspecified atom stereocenters. The van der Waals surface area contributed by atoms with Gasteiger partial charge in [0.25, 0.3) is 0 Å². The SMILES string of the molecule is CC(C)Oc1cncc(Cc2c(-c3ccc(-c4ccc(C5(C(=O)O)CC5)cc4)cn3)cnn2C)n1. The van der Waals surface area contributed by atoms with Crippen LogP contribution in [0.25, 0.3) is 22.4 Å². The number of nitrogens with zero attached hydrogens (tertiary/aromatic N) is 5. The highest BCUT2D eigenvalue weighted by Crippen LogP contribution is 2.48. The fourth-order valence-electron chi connectivity index (χ4n) is 4.28. The van der Waals surface area contributed by atoms with Crippen LogP contribution in [-0.4, -0.2) is 41.9 Å². The van der Waals surface area contributed by atoms with Crippen molar-refractivity contribution >= 4 is 5.97 Å². The number of hydrogen-bond donors (Lipinski definition) is 1. The summed E-state index contributed by atoms with van der Waals surface area (Å²) in [5, 5.41) is 14.0. The van der Waals surface area contributed by atoms with Crippen molar-refractivity contribution in [3.05, 3.63) is 78.1 Å². The number of ether oxygens (including phenoxy) is 1. The third kappa shape index (κ3) is 4.51. The summed E-state index contributed by atoms with van der Waals surface area (Å²) in [7, 11) is 1.90. The van der Waals surface area contributed by atoms with Crippen LogP contribution in [0.2, 0.25) is 0 Å². The lowest BCUT2D eigenvalue weighted by Gasteiger charge is -2.11. The summed E-state index contributed by atoms with van der Waals surface area (Å²) < 4.78 is 7.51. The predicted molar refractivity (Wildman–Crippen MR) is 131 cm³/mol. The molecule has 1 fully saturated rings. The second kappa shape index (κ2) is 8.94. The first-order chi connectivity index (χ1) is 16.9. The number of hydrogen-bond acceptors (Lipinski definition) is 6. The summed E-state index contributed by atoms with van der Waals surface area (Å²) in [6.45, 7) is 3.91. The highest BCUT2D eigenvalue weighted by molar-refractivity contribution is 5.85. The van der Waals surface area contributed by atoms with Crippen LogP contribution in [0.1, 0.15) is 43.6 Å². The van der Waals surface area contributed by atoms with Gasteiger partial charge < -0.3 is 9.84 Å². The molecule has 1 N–H and O–H groups in total. The maximum Gasteiger partial charge on any atom is 0.314 e. The number of rotatable bonds is 8. The third-order valence-electron chi connectivity index (χ3n) is 6.40. The minimum Gasteiger partial charge on any atom is -0.481 e. The Morgan fingerprint density at radius 1 is 1.06 bits per heavy atom. The molecule has 8 heteroatoms. The Labute approximate surface area is 203 Å². The standard InChI is InChI=1S/C27H27N5O3/c1-17(2)35-25-16-28-14-21(31-25)12-24-22(15-30-32(24)3)23-9-6-19(13-29-23)18-4-7-20(8-5-18)27(10-11-27)26(33)34/h4-9,13-17H,10-12H2,1-3H3,(H,33,34). The molecule has 0 aliphatic heterocycles. The number of aryl methyl sites for hydroxylation is 1. The van der Waals surface area contributed by atoms with Crippen LogP contribution >= 0.6 is 0 Å². The summed E-state index contributed by atoms with van der Waals surface area (Å²) >= 11 is 0. The van der Waals surface area contributed by atoms with Gasteiger partial charge in [-0.05, 0) is 43.9 Å². The van der Waals surface area contributed by atoms with Crippen LogP contribution in [0.15, 0.2) is 61.2 Å². The normalized spacial score (nSPS) is 14.2. The Balaban J connectivity index is 1.36. The zero-order valence-corrected chi connectivity index (χ0v) is 20.0. The Morgan fingerprint density at radius 3 is 2.43 bits per heavy atom. The van der Waals surface area contributed by atoms with Gasteiger partial charge in [0.05, 0.1) is 41.0 Å². The average Bonchev–Trinajstić information content (AvgIpc) is 3.59. The number of pyridine rings is 1. The molecular formula is C27H27N5O3. The monoisotopic (exact) mass is 469 g/mol. The van der Waals surface area contributed by atoms with E-state index in [-0.39, 0.29) is 6.10 Å². The van der Waals surface area contributed by atoms with Gasteiger partial charge in [-0.2, -0.15) is 5.10 Å². The zero-order valence-electron chi connectivity index (χ0n) is 20.0. The molecule has 0 bridgehead atoms. The fraction of sp³-hybridized carbons (Fsp3) is 0.296. The van der Waals surface area contributed by atoms with Crippen molar-refractivity contribution < 1.29 is 14.6 Å². The van der Waals surface area contributed by atoms with Crippen molar-refractivity contribution in [2.24, 2.45) is 7.05 Å². The molecule has 1 aromatic carbocycles. The van der Waals surface area contributed by atoms with Crippen molar-refractivity contribution in [1.29, 1.82) is 0 Å². The Morgan fingerprint density at radius 2 is 1.80 bits per heavy atom. The minimum absolute atomic E-state index is 0.0257. The van der Waals surface area contributed by atoms with E-state index in [1.807, 2.05) is 74.4 Å². The first-order valence-electron chi connectivity index (χ1n) is 11.6. The first-order valence-corrected chi connectivity index (χ1v) is 11.6. The third-order valence-corrected chi connectivity index (χ3v) is 6.40. The molecule has 3 heterocycles. The molecule has 0 atom stereocenters. The molecule has 0 saturated heterocycles. The average molecular weight is 470 g/mol. The molecule has 3 aromatic heterocycles. The molecule has 1 aliphatic carbocycles. The van der Waals surface area contributed by atoms with Crippen LogP contribution < -0.4 is 4.74 Å². The molecule has 4 aromatic rings. The van der Waals surface area contributed by atoms with Crippen LogP contribution in [0.3, 0.4) is 0 Å². The van der Waals surface area contributed by atoms with Gasteiger partial charge in [0.15, 0.2) is 0 Å². The van der Waals surface area contributed by atoms with Crippen LogP contribution in [0.4, 0.5) is 0 Å². The van der Waals surface area contributed by atoms with Gasteiger partial charge in [0.1, 0.15) is 0 Å². The predicted octanol–water partition coefficient (Wildman–Crippen LogP) is 4.43. The first kappa shape index (κ1) is 22.7. The molecule has 0 spiro atoms. The summed E-state index contributed by atoms with van der Waals surface area (Å²) in [6.07, 6.45) is 8.98. The molecular weight excluding hydrogens is 442 g/mol. The molecule has 1 aliphatic rings. The lowest BCUT2D eigenvalue weighted by Crippen LogP contribution is -2.19. The highest BCUT2D eigenvalue weighted by atomic mass is 16.5. The summed E-state index contributed by atoms with van der Waals surface area (Å²) in [5.41, 5.74) is 5.66. The van der Waals surface area contributed by atoms with E-state index in [2.05, 4.69) is 15.1 Å². The number of aliphatic carboxylic acids is 1. The van der Waals surface area contributed by atoms with E-state index in [0.717, 1.165) is 39.3 Å². The highest BCUT2D eigenvalue weighted by Gasteiger charge is 2.51. The summed E-state index contributed by atoms with van der Waals surface area (Å²) in [4.78, 5) is 25.1. The number of benzene rings is 1. The fourth-order valence-corrected chi connectivity index (χ4v) is 4.28. The van der Waals surface area contributed by atoms with E-state index in [1.165, 1.54) is 0 Å². The van der Waals surface area contributed by atoms with Crippen molar-refractivity contribution in [2.45, 2.75) is 44.6 Å². The second-order valence-corrected chi connectivity index (χ2v) is 9.22. The Hall–Kier alpha value is -4.07. The van der Waals surface area contributed by atoms with Crippen molar-refractivity contribution in [1.82, 2.24) is 24.7 Å². The van der Waals surface area contributed by atoms with E-state index < -0.39 is 11.4 Å². The summed E-state index contributed by atoms with van der Waals surface area (Å²) in [6, 6.07) is 11.8. The number of aromatic nitrogens is 5. The zero-order chi connectivity index (χ0) is 24.6. The Bertz CT molecular complexity index is 1360. The van der Waals surface area contributed by atoms with Gasteiger partial charge in [-0.15, -0.1) is 0 Å². The molecule has 178 valence electrons. The van der Waals surface area contributed by atoms with Gasteiger partial charge in [-0.1, -0.05) is 30.3 Å². The van der Waals surface area contributed by atoms with E-state index in [9.17, 15) is 9.90 Å². The van der Waals surface area contributed by atoms with Crippen LogP contribution in [0.5, 0.6) is 5.88 Å². The van der Waals surface area contributed by atoms with Crippen molar-refractivity contribution in [3.63, 3.8) is 0 Å². The summed E-state index contributed by atoms with van der Waals surface area (Å²) in [5.74, 6) is -0.237. The maximum atomic E-state index is 11.6. The van der Waals surface area contributed by atoms with Gasteiger partial charge in [0, 0.05) is 37.0 Å². The van der Waals surface area contributed by atoms with Crippen molar-refractivity contribution in [2.75, 3.05) is 0 Å². The van der Waals surface area contributed by atoms with Crippen molar-refractivity contribution in [3.8, 4) is 28.3 Å². The molecule has 8 nitrogen and oxygen atoms in total. The molecule has 5 rings (SSSR count). The lowest BCUT2D eigenvalue weighted by molar-refractivity contribution is -0.140. The van der Waals surface area contributed by atoms with Gasteiger partial charge in [-0.25, -0.2) is 4.98 Å². The van der Waals surface area contributed by atoms with E-state index in [1.54, 1.807) is 12.4 Å². The number of carboxylic acid groups (broad SMARTS) is 1. The minimum atomic E-state index is -0.742. The van der Waals surface area contributed by atoms with Gasteiger partial charge >= 0.3 is 5.97 Å². The lowest BCUT2D eigenvalue weighted by atomic mass is 9.94. The maximum absolute atomic E-state index is 11.6. The molecule has 0 amide bonds. The van der Waals surface area contributed by atoms with Crippen LogP contribution in [0, 0.1) is 0 Å². The van der Waals surface area contributed by atoms with E-state index in [4.69, 9.17) is 9.72 Å². The van der Waals surface area contributed by atoms with E-state index >= 15 is 0 Å². The number of carboxylic acids is 1. The van der Waals surface area contributed by atoms with Gasteiger partial charge in [0.2, 0.25) is 5.88 Å². The molecule has 35 heavy (non-hydrogen) atoms. The number of carbonyl (C=O) groups is 1. The topological polar surface area (TPSA) is 103 Å². The smallest absolute Gasteiger partial charge is 0.314 e. The van der Waals surface area contributed by atoms with E-state index in [0.29, 0.717) is 25.1 Å². The Kier molecular flexibility index (Phi) is 5.80. The quantitative estimate of drug-likeness (QED) is 0.407. The van der Waals surface area contributed by atoms with Gasteiger partial charge in [-0.3, -0.25) is 19.4 Å². The largest absolute Gasteiger partial charge is 0.481 e.